The van der Waals surface area contributed by atoms with Gasteiger partial charge in [0.1, 0.15) is 17.7 Å². The summed E-state index contributed by atoms with van der Waals surface area (Å²) in [5.41, 5.74) is 2.05. The topological polar surface area (TPSA) is 79.6 Å². The van der Waals surface area contributed by atoms with E-state index >= 15 is 0 Å². The van der Waals surface area contributed by atoms with Gasteiger partial charge in [0.25, 0.3) is 0 Å². The Bertz CT molecular complexity index is 1300. The van der Waals surface area contributed by atoms with Crippen LogP contribution < -0.4 is 5.32 Å². The highest BCUT2D eigenvalue weighted by atomic mass is 16.3. The lowest BCUT2D eigenvalue weighted by atomic mass is 9.63. The van der Waals surface area contributed by atoms with E-state index in [1.54, 1.807) is 6.07 Å². The van der Waals surface area contributed by atoms with E-state index in [1.807, 2.05) is 36.4 Å². The summed E-state index contributed by atoms with van der Waals surface area (Å²) in [5, 5.41) is 4.82. The van der Waals surface area contributed by atoms with Gasteiger partial charge < -0.3 is 9.73 Å². The van der Waals surface area contributed by atoms with Gasteiger partial charge in [-0.25, -0.2) is 0 Å². The lowest BCUT2D eigenvalue weighted by Crippen LogP contribution is -2.40. The summed E-state index contributed by atoms with van der Waals surface area (Å²) in [4.78, 5) is 40.0. The molecule has 31 heavy (non-hydrogen) atoms. The zero-order chi connectivity index (χ0) is 20.9. The van der Waals surface area contributed by atoms with Crippen molar-refractivity contribution in [2.24, 2.45) is 35.5 Å². The molecule has 0 spiro atoms. The fourth-order valence-electron chi connectivity index (χ4n) is 6.32. The number of fused-ring (bicyclic) bond motifs is 3. The van der Waals surface area contributed by atoms with Gasteiger partial charge in [0.2, 0.25) is 17.7 Å². The molecule has 0 radical (unpaired) electrons. The first-order chi connectivity index (χ1) is 15.1. The third-order valence-electron chi connectivity index (χ3n) is 7.72. The number of imide groups is 1. The van der Waals surface area contributed by atoms with Crippen LogP contribution in [-0.2, 0) is 14.4 Å². The maximum Gasteiger partial charge on any atom is 0.244 e. The van der Waals surface area contributed by atoms with Crippen molar-refractivity contribution in [1.82, 2.24) is 4.90 Å². The Morgan fingerprint density at radius 3 is 2.35 bits per heavy atom. The second kappa shape index (κ2) is 5.84. The Kier molecular flexibility index (Phi) is 3.26. The minimum absolute atomic E-state index is 0.167. The number of amides is 3. The second-order valence-electron chi connectivity index (χ2n) is 9.27. The lowest BCUT2D eigenvalue weighted by Gasteiger charge is -2.37. The fourth-order valence-corrected chi connectivity index (χ4v) is 6.32. The van der Waals surface area contributed by atoms with E-state index in [2.05, 4.69) is 17.5 Å². The third kappa shape index (κ3) is 2.30. The monoisotopic (exact) mass is 412 g/mol. The zero-order valence-electron chi connectivity index (χ0n) is 16.7. The maximum absolute atomic E-state index is 13.0. The number of rotatable bonds is 3. The highest BCUT2D eigenvalue weighted by Gasteiger charge is 2.67. The molecule has 3 amide bonds. The molecular weight excluding hydrogens is 392 g/mol. The normalized spacial score (nSPS) is 32.6. The second-order valence-corrected chi connectivity index (χ2v) is 9.27. The van der Waals surface area contributed by atoms with Gasteiger partial charge in [0.15, 0.2) is 0 Å². The number of benzene rings is 2. The summed E-state index contributed by atoms with van der Waals surface area (Å²) >= 11 is 0. The Morgan fingerprint density at radius 1 is 0.935 bits per heavy atom. The van der Waals surface area contributed by atoms with Gasteiger partial charge >= 0.3 is 0 Å². The number of carbonyl (C=O) groups is 3. The Balaban J connectivity index is 1.11. The van der Waals surface area contributed by atoms with E-state index in [1.165, 1.54) is 4.90 Å². The first-order valence-electron chi connectivity index (χ1n) is 10.8. The van der Waals surface area contributed by atoms with Gasteiger partial charge in [-0.3, -0.25) is 19.3 Å². The van der Waals surface area contributed by atoms with Crippen LogP contribution in [0.25, 0.3) is 21.9 Å². The molecule has 154 valence electrons. The van der Waals surface area contributed by atoms with Crippen LogP contribution in [0, 0.1) is 35.5 Å². The molecule has 1 aliphatic heterocycles. The number of anilines is 1. The van der Waals surface area contributed by atoms with Crippen LogP contribution in [0.2, 0.25) is 0 Å². The number of hydrogen-bond donors (Lipinski definition) is 1. The Morgan fingerprint density at radius 2 is 1.61 bits per heavy atom. The van der Waals surface area contributed by atoms with Crippen LogP contribution >= 0.6 is 0 Å². The number of nitrogens with zero attached hydrogens (tertiary/aromatic N) is 1. The van der Waals surface area contributed by atoms with E-state index < -0.39 is 0 Å². The molecule has 2 aromatic carbocycles. The van der Waals surface area contributed by atoms with E-state index in [-0.39, 0.29) is 47.9 Å². The summed E-state index contributed by atoms with van der Waals surface area (Å²) in [6.07, 6.45) is 5.40. The number of carbonyl (C=O) groups excluding carboxylic acids is 3. The molecule has 6 nitrogen and oxygen atoms in total. The van der Waals surface area contributed by atoms with Crippen LogP contribution in [0.5, 0.6) is 0 Å². The van der Waals surface area contributed by atoms with Crippen molar-refractivity contribution < 1.29 is 18.8 Å². The van der Waals surface area contributed by atoms with Gasteiger partial charge in [0, 0.05) is 22.5 Å². The Hall–Kier alpha value is -3.41. The molecule has 1 aromatic heterocycles. The summed E-state index contributed by atoms with van der Waals surface area (Å²) in [6.45, 7) is -0.238. The van der Waals surface area contributed by atoms with Gasteiger partial charge in [-0.2, -0.15) is 0 Å². The van der Waals surface area contributed by atoms with Crippen molar-refractivity contribution in [3.63, 3.8) is 0 Å². The molecule has 3 aromatic rings. The maximum atomic E-state index is 13.0. The number of allylic oxidation sites excluding steroid dienone is 2. The van der Waals surface area contributed by atoms with Gasteiger partial charge in [0.05, 0.1) is 11.8 Å². The van der Waals surface area contributed by atoms with Crippen molar-refractivity contribution in [2.45, 2.75) is 6.42 Å². The molecule has 2 heterocycles. The van der Waals surface area contributed by atoms with Gasteiger partial charge in [-0.05, 0) is 48.3 Å². The third-order valence-corrected chi connectivity index (χ3v) is 7.72. The minimum atomic E-state index is -0.374. The van der Waals surface area contributed by atoms with Crippen LogP contribution in [-0.4, -0.2) is 29.2 Å². The zero-order valence-corrected chi connectivity index (χ0v) is 16.7. The van der Waals surface area contributed by atoms with E-state index in [4.69, 9.17) is 4.42 Å². The molecule has 3 fully saturated rings. The molecule has 2 saturated carbocycles. The summed E-state index contributed by atoms with van der Waals surface area (Å²) < 4.78 is 5.87. The Labute approximate surface area is 177 Å². The standard InChI is InChI=1S/C25H20N2O4/c28-21(26-12-5-6-14-13-3-1-2-4-19(13)31-20(14)9-12)11-27-24(29)22-15-7-8-16(18-10-17(15)18)23(22)25(27)30/h1-9,15-18,22-23H,10-11H2,(H,26,28)/t15-,16-,17-,18+,22+,23+/m0/s1. The largest absolute Gasteiger partial charge is 0.456 e. The molecule has 6 atom stereocenters. The molecule has 1 N–H and O–H groups in total. The van der Waals surface area contributed by atoms with Crippen molar-refractivity contribution in [3.05, 3.63) is 54.6 Å². The first kappa shape index (κ1) is 17.3. The fraction of sp³-hybridized carbons (Fsp3) is 0.320. The van der Waals surface area contributed by atoms with Crippen LogP contribution in [0.1, 0.15) is 6.42 Å². The minimum Gasteiger partial charge on any atom is -0.456 e. The molecule has 0 unspecified atom stereocenters. The molecule has 4 aliphatic carbocycles. The first-order valence-corrected chi connectivity index (χ1v) is 10.8. The van der Waals surface area contributed by atoms with Gasteiger partial charge in [-0.1, -0.05) is 30.4 Å². The molecule has 2 bridgehead atoms. The summed E-state index contributed by atoms with van der Waals surface area (Å²) in [5.74, 6) is 0.165. The van der Waals surface area contributed by atoms with Crippen LogP contribution in [0.15, 0.2) is 59.0 Å². The number of para-hydroxylation sites is 1. The number of nitrogens with one attached hydrogen (secondary N) is 1. The predicted molar refractivity (Wildman–Crippen MR) is 114 cm³/mol. The van der Waals surface area contributed by atoms with E-state index in [0.717, 1.165) is 22.8 Å². The van der Waals surface area contributed by atoms with Crippen molar-refractivity contribution in [1.29, 1.82) is 0 Å². The SMILES string of the molecule is O=C(CN1C(=O)[C@@H]2[C@H]3C=C[C@@H]([C@@H]4C[C@H]34)[C@H]2C1=O)Nc1ccc2c(c1)oc1ccccc12. The highest BCUT2D eigenvalue weighted by molar-refractivity contribution is 6.10. The van der Waals surface area contributed by atoms with E-state index in [0.29, 0.717) is 23.1 Å². The van der Waals surface area contributed by atoms with Crippen LogP contribution in [0.4, 0.5) is 5.69 Å². The molecule has 5 aliphatic rings. The predicted octanol–water partition coefficient (Wildman–Crippen LogP) is 3.58. The summed E-state index contributed by atoms with van der Waals surface area (Å²) in [6, 6.07) is 13.3. The number of hydrogen-bond acceptors (Lipinski definition) is 4. The van der Waals surface area contributed by atoms with Crippen molar-refractivity contribution in [3.8, 4) is 0 Å². The van der Waals surface area contributed by atoms with E-state index in [9.17, 15) is 14.4 Å². The lowest BCUT2D eigenvalue weighted by molar-refractivity contribution is -0.142. The number of furan rings is 1. The van der Waals surface area contributed by atoms with Crippen molar-refractivity contribution >= 4 is 45.3 Å². The molecule has 8 rings (SSSR count). The highest BCUT2D eigenvalue weighted by Crippen LogP contribution is 2.65. The molecular formula is C25H20N2O4. The molecule has 6 heteroatoms. The van der Waals surface area contributed by atoms with Crippen LogP contribution in [0.3, 0.4) is 0 Å². The average Bonchev–Trinajstić information content (AvgIpc) is 3.47. The molecule has 1 saturated heterocycles. The number of likely N-dealkylation sites (tertiary alicyclic amines) is 1. The van der Waals surface area contributed by atoms with Crippen molar-refractivity contribution in [2.75, 3.05) is 11.9 Å². The summed E-state index contributed by atoms with van der Waals surface area (Å²) in [7, 11) is 0. The average molecular weight is 412 g/mol. The van der Waals surface area contributed by atoms with Gasteiger partial charge in [-0.15, -0.1) is 0 Å². The quantitative estimate of drug-likeness (QED) is 0.527. The smallest absolute Gasteiger partial charge is 0.244 e.